The first-order valence-electron chi connectivity index (χ1n) is 9.47. The van der Waals surface area contributed by atoms with Gasteiger partial charge in [-0.1, -0.05) is 6.07 Å². The maximum Gasteiger partial charge on any atom is 0.270 e. The number of rotatable bonds is 6. The zero-order valence-corrected chi connectivity index (χ0v) is 16.0. The lowest BCUT2D eigenvalue weighted by Crippen LogP contribution is -2.12. The van der Waals surface area contributed by atoms with Crippen LogP contribution < -0.4 is 5.32 Å². The van der Waals surface area contributed by atoms with Gasteiger partial charge >= 0.3 is 0 Å². The third-order valence-electron chi connectivity index (χ3n) is 5.00. The smallest absolute Gasteiger partial charge is 0.270 e. The molecule has 1 N–H and O–H groups in total. The van der Waals surface area contributed by atoms with Crippen molar-refractivity contribution in [2.24, 2.45) is 5.92 Å². The van der Waals surface area contributed by atoms with Gasteiger partial charge in [0.15, 0.2) is 0 Å². The standard InChI is InChI=1S/C22H20N4O3/c1-14-2-5-18(26(28)29)13-19(14)16-6-8-23-20(11-16)17-7-9-24-21(12-17)25-22(27)10-15-3-4-15/h2,5-9,11-13,15H,3-4,10H2,1H3,(H,24,25,27). The molecule has 7 nitrogen and oxygen atoms in total. The SMILES string of the molecule is Cc1ccc([N+](=O)[O-])cc1-c1ccnc(-c2ccnc(NC(=O)CC3CC3)c2)c1. The van der Waals surface area contributed by atoms with Gasteiger partial charge in [0.25, 0.3) is 5.69 Å². The maximum atomic E-state index is 12.1. The molecule has 1 fully saturated rings. The molecule has 0 aliphatic heterocycles. The van der Waals surface area contributed by atoms with E-state index >= 15 is 0 Å². The van der Waals surface area contributed by atoms with Crippen LogP contribution in [-0.2, 0) is 4.79 Å². The number of amides is 1. The Kier molecular flexibility index (Phi) is 5.03. The molecule has 4 rings (SSSR count). The number of aryl methyl sites for hydroxylation is 1. The molecule has 146 valence electrons. The number of nitrogens with zero attached hydrogens (tertiary/aromatic N) is 3. The zero-order chi connectivity index (χ0) is 20.4. The zero-order valence-electron chi connectivity index (χ0n) is 16.0. The number of anilines is 1. The number of hydrogen-bond donors (Lipinski definition) is 1. The van der Waals surface area contributed by atoms with Crippen LogP contribution in [0.5, 0.6) is 0 Å². The lowest BCUT2D eigenvalue weighted by atomic mass is 9.99. The average Bonchev–Trinajstić information content (AvgIpc) is 3.52. The third kappa shape index (κ3) is 4.45. The van der Waals surface area contributed by atoms with E-state index in [1.807, 2.05) is 25.1 Å². The van der Waals surface area contributed by atoms with Gasteiger partial charge in [-0.15, -0.1) is 0 Å². The fourth-order valence-electron chi connectivity index (χ4n) is 3.23. The largest absolute Gasteiger partial charge is 0.311 e. The van der Waals surface area contributed by atoms with Gasteiger partial charge in [0.2, 0.25) is 5.91 Å². The molecule has 0 spiro atoms. The first-order chi connectivity index (χ1) is 14.0. The number of benzene rings is 1. The number of carbonyl (C=O) groups excluding carboxylic acids is 1. The lowest BCUT2D eigenvalue weighted by molar-refractivity contribution is -0.384. The Morgan fingerprint density at radius 1 is 1.10 bits per heavy atom. The molecule has 2 aromatic heterocycles. The summed E-state index contributed by atoms with van der Waals surface area (Å²) >= 11 is 0. The molecule has 0 atom stereocenters. The van der Waals surface area contributed by atoms with Crippen molar-refractivity contribution in [1.29, 1.82) is 0 Å². The Balaban J connectivity index is 1.62. The van der Waals surface area contributed by atoms with Crippen molar-refractivity contribution in [2.45, 2.75) is 26.2 Å². The minimum atomic E-state index is -0.398. The number of hydrogen-bond acceptors (Lipinski definition) is 5. The number of carbonyl (C=O) groups is 1. The highest BCUT2D eigenvalue weighted by atomic mass is 16.6. The molecule has 29 heavy (non-hydrogen) atoms. The predicted molar refractivity (Wildman–Crippen MR) is 110 cm³/mol. The Labute approximate surface area is 168 Å². The van der Waals surface area contributed by atoms with Crippen LogP contribution in [0.2, 0.25) is 0 Å². The van der Waals surface area contributed by atoms with Crippen LogP contribution >= 0.6 is 0 Å². The van der Waals surface area contributed by atoms with E-state index in [1.54, 1.807) is 30.6 Å². The quantitative estimate of drug-likeness (QED) is 0.485. The van der Waals surface area contributed by atoms with Crippen molar-refractivity contribution < 1.29 is 9.72 Å². The second-order valence-corrected chi connectivity index (χ2v) is 7.31. The maximum absolute atomic E-state index is 12.1. The molecule has 1 aromatic carbocycles. The van der Waals surface area contributed by atoms with Crippen LogP contribution in [-0.4, -0.2) is 20.8 Å². The summed E-state index contributed by atoms with van der Waals surface area (Å²) in [5, 5.41) is 14.0. The minimum absolute atomic E-state index is 0.0221. The summed E-state index contributed by atoms with van der Waals surface area (Å²) in [5.74, 6) is 0.979. The lowest BCUT2D eigenvalue weighted by Gasteiger charge is -2.09. The van der Waals surface area contributed by atoms with Gasteiger partial charge in [-0.2, -0.15) is 0 Å². The van der Waals surface area contributed by atoms with Crippen LogP contribution in [0.25, 0.3) is 22.4 Å². The van der Waals surface area contributed by atoms with E-state index in [9.17, 15) is 14.9 Å². The van der Waals surface area contributed by atoms with Crippen LogP contribution in [0.3, 0.4) is 0 Å². The van der Waals surface area contributed by atoms with E-state index in [4.69, 9.17) is 0 Å². The van der Waals surface area contributed by atoms with Crippen LogP contribution in [0, 0.1) is 23.0 Å². The molecule has 0 saturated heterocycles. The van der Waals surface area contributed by atoms with Gasteiger partial charge in [0, 0.05) is 36.5 Å². The molecule has 2 heterocycles. The second kappa shape index (κ2) is 7.79. The predicted octanol–water partition coefficient (Wildman–Crippen LogP) is 4.77. The topological polar surface area (TPSA) is 98.0 Å². The molecule has 1 aliphatic carbocycles. The van der Waals surface area contributed by atoms with Crippen LogP contribution in [0.1, 0.15) is 24.8 Å². The van der Waals surface area contributed by atoms with Gasteiger partial charge < -0.3 is 5.32 Å². The van der Waals surface area contributed by atoms with E-state index in [1.165, 1.54) is 6.07 Å². The minimum Gasteiger partial charge on any atom is -0.311 e. The molecule has 0 radical (unpaired) electrons. The molecule has 1 aliphatic rings. The summed E-state index contributed by atoms with van der Waals surface area (Å²) in [4.78, 5) is 31.4. The van der Waals surface area contributed by atoms with Gasteiger partial charge in [-0.05, 0) is 66.6 Å². The van der Waals surface area contributed by atoms with Crippen LogP contribution in [0.15, 0.2) is 54.9 Å². The van der Waals surface area contributed by atoms with Gasteiger partial charge in [0.1, 0.15) is 5.82 Å². The number of pyridine rings is 2. The Hall–Kier alpha value is -3.61. The molecule has 1 saturated carbocycles. The van der Waals surface area contributed by atoms with Crippen molar-refractivity contribution in [3.05, 3.63) is 70.5 Å². The fourth-order valence-corrected chi connectivity index (χ4v) is 3.23. The normalized spacial score (nSPS) is 13.1. The first kappa shape index (κ1) is 18.7. The first-order valence-corrected chi connectivity index (χ1v) is 9.47. The van der Waals surface area contributed by atoms with E-state index in [-0.39, 0.29) is 11.6 Å². The molecule has 3 aromatic rings. The number of aromatic nitrogens is 2. The van der Waals surface area contributed by atoms with E-state index in [2.05, 4.69) is 15.3 Å². The molecular weight excluding hydrogens is 368 g/mol. The molecule has 1 amide bonds. The van der Waals surface area contributed by atoms with E-state index < -0.39 is 4.92 Å². The number of nitro benzene ring substituents is 1. The summed E-state index contributed by atoms with van der Waals surface area (Å²) in [6.07, 6.45) is 6.08. The number of nitro groups is 1. The highest BCUT2D eigenvalue weighted by Crippen LogP contribution is 2.33. The average molecular weight is 388 g/mol. The van der Waals surface area contributed by atoms with E-state index in [0.717, 1.165) is 35.1 Å². The summed E-state index contributed by atoms with van der Waals surface area (Å²) < 4.78 is 0. The summed E-state index contributed by atoms with van der Waals surface area (Å²) in [6.45, 7) is 1.92. The van der Waals surface area contributed by atoms with Crippen molar-refractivity contribution in [2.75, 3.05) is 5.32 Å². The Bertz CT molecular complexity index is 1090. The van der Waals surface area contributed by atoms with Gasteiger partial charge in [-0.25, -0.2) is 4.98 Å². The summed E-state index contributed by atoms with van der Waals surface area (Å²) in [7, 11) is 0. The number of nitrogens with one attached hydrogen (secondary N) is 1. The fraction of sp³-hybridized carbons (Fsp3) is 0.227. The Morgan fingerprint density at radius 3 is 2.62 bits per heavy atom. The molecule has 0 unspecified atom stereocenters. The van der Waals surface area contributed by atoms with Gasteiger partial charge in [-0.3, -0.25) is 19.9 Å². The van der Waals surface area contributed by atoms with Crippen molar-refractivity contribution in [1.82, 2.24) is 9.97 Å². The third-order valence-corrected chi connectivity index (χ3v) is 5.00. The van der Waals surface area contributed by atoms with Gasteiger partial charge in [0.05, 0.1) is 10.6 Å². The Morgan fingerprint density at radius 2 is 1.86 bits per heavy atom. The molecule has 7 heteroatoms. The summed E-state index contributed by atoms with van der Waals surface area (Å²) in [6, 6.07) is 12.1. The van der Waals surface area contributed by atoms with Crippen molar-refractivity contribution in [3.8, 4) is 22.4 Å². The summed E-state index contributed by atoms with van der Waals surface area (Å²) in [5.41, 5.74) is 4.13. The highest BCUT2D eigenvalue weighted by molar-refractivity contribution is 5.90. The van der Waals surface area contributed by atoms with Crippen molar-refractivity contribution >= 4 is 17.4 Å². The van der Waals surface area contributed by atoms with Crippen molar-refractivity contribution in [3.63, 3.8) is 0 Å². The van der Waals surface area contributed by atoms with Crippen LogP contribution in [0.4, 0.5) is 11.5 Å². The van der Waals surface area contributed by atoms with E-state index in [0.29, 0.717) is 23.9 Å². The molecule has 0 bridgehead atoms. The monoisotopic (exact) mass is 388 g/mol. The molecular formula is C22H20N4O3. The number of non-ortho nitro benzene ring substituents is 1. The highest BCUT2D eigenvalue weighted by Gasteiger charge is 2.24. The second-order valence-electron chi connectivity index (χ2n) is 7.31.